The van der Waals surface area contributed by atoms with Gasteiger partial charge < -0.3 is 15.4 Å². The van der Waals surface area contributed by atoms with Crippen LogP contribution in [0.2, 0.25) is 0 Å². The third-order valence-corrected chi connectivity index (χ3v) is 8.60. The summed E-state index contributed by atoms with van der Waals surface area (Å²) in [6.45, 7) is 2.16. The van der Waals surface area contributed by atoms with Gasteiger partial charge in [-0.05, 0) is 44.7 Å². The maximum Gasteiger partial charge on any atom is 0.216 e. The van der Waals surface area contributed by atoms with Gasteiger partial charge in [-0.25, -0.2) is 13.4 Å². The average Bonchev–Trinajstić information content (AvgIpc) is 3.21. The van der Waals surface area contributed by atoms with E-state index in [-0.39, 0.29) is 30.5 Å². The van der Waals surface area contributed by atoms with E-state index in [2.05, 4.69) is 25.8 Å². The number of ether oxygens (including phenoxy) is 1. The van der Waals surface area contributed by atoms with E-state index >= 15 is 0 Å². The van der Waals surface area contributed by atoms with Gasteiger partial charge in [0.1, 0.15) is 11.6 Å². The van der Waals surface area contributed by atoms with Gasteiger partial charge in [0.2, 0.25) is 10.0 Å². The first-order valence-corrected chi connectivity index (χ1v) is 13.4. The van der Waals surface area contributed by atoms with Gasteiger partial charge in [0, 0.05) is 54.6 Å². The van der Waals surface area contributed by atoms with Gasteiger partial charge in [0.25, 0.3) is 0 Å². The lowest BCUT2D eigenvalue weighted by Crippen LogP contribution is -2.57. The average molecular weight is 486 g/mol. The van der Waals surface area contributed by atoms with Crippen molar-refractivity contribution in [1.29, 1.82) is 0 Å². The highest BCUT2D eigenvalue weighted by Gasteiger charge is 2.44. The van der Waals surface area contributed by atoms with Crippen LogP contribution >= 0.6 is 0 Å². The maximum atomic E-state index is 13.0. The van der Waals surface area contributed by atoms with Gasteiger partial charge in [0.05, 0.1) is 17.9 Å². The number of piperidine rings is 2. The first-order valence-electron chi connectivity index (χ1n) is 11.7. The minimum absolute atomic E-state index is 0.00424. The molecule has 3 aromatic heterocycles. The van der Waals surface area contributed by atoms with Crippen LogP contribution in [-0.4, -0.2) is 70.5 Å². The highest BCUT2D eigenvalue weighted by atomic mass is 32.2. The Balaban J connectivity index is 1.39. The second-order valence-electron chi connectivity index (χ2n) is 9.18. The number of fused-ring (bicyclic) bond motifs is 3. The number of rotatable bonds is 8. The van der Waals surface area contributed by atoms with Gasteiger partial charge in [-0.3, -0.25) is 10.1 Å². The quantitative estimate of drug-likeness (QED) is 0.444. The molecule has 2 aliphatic rings. The molecular formula is C23H31N7O3S. The molecule has 5 heterocycles. The lowest BCUT2D eigenvalue weighted by atomic mass is 9.84. The molecule has 3 aromatic rings. The van der Waals surface area contributed by atoms with Crippen molar-refractivity contribution in [2.75, 3.05) is 30.1 Å². The van der Waals surface area contributed by atoms with E-state index in [9.17, 15) is 8.42 Å². The van der Waals surface area contributed by atoms with Crippen molar-refractivity contribution in [2.45, 2.75) is 57.2 Å². The standard InChI is InChI=1S/C23H31N7O3S/c1-15-11-22(29-28-15)26-21-14-20-19(7-4-8-24-20)23(27-21)25-16-12-17-5-3-6-18(13-16)30(17)34(31,32)10-9-33-2/h4,7-8,11,14,16-18H,3,5-6,9-10,12-13H2,1-2H3,(H3,25,26,27,28,29)/t16?,17-,18+. The fourth-order valence-corrected chi connectivity index (χ4v) is 7.14. The first-order chi connectivity index (χ1) is 16.4. The van der Waals surface area contributed by atoms with E-state index in [0.717, 1.165) is 54.5 Å². The van der Waals surface area contributed by atoms with Gasteiger partial charge in [-0.2, -0.15) is 9.40 Å². The molecule has 2 saturated heterocycles. The Kier molecular flexibility index (Phi) is 6.41. The number of H-pyrrole nitrogens is 1. The van der Waals surface area contributed by atoms with Crippen molar-refractivity contribution in [1.82, 2.24) is 24.5 Å². The van der Waals surface area contributed by atoms with Crippen LogP contribution in [-0.2, 0) is 14.8 Å². The Hall–Kier alpha value is -2.76. The van der Waals surface area contributed by atoms with Crippen LogP contribution in [0.4, 0.5) is 17.5 Å². The number of anilines is 3. The van der Waals surface area contributed by atoms with Gasteiger partial charge in [-0.15, -0.1) is 0 Å². The molecule has 2 bridgehead atoms. The molecule has 0 radical (unpaired) electrons. The fourth-order valence-electron chi connectivity index (χ4n) is 5.26. The maximum absolute atomic E-state index is 13.0. The first kappa shape index (κ1) is 23.0. The Bertz CT molecular complexity index is 1250. The molecule has 1 unspecified atom stereocenters. The molecule has 0 saturated carbocycles. The number of aromatic amines is 1. The second-order valence-corrected chi connectivity index (χ2v) is 11.2. The monoisotopic (exact) mass is 485 g/mol. The van der Waals surface area contributed by atoms with Gasteiger partial charge in [-0.1, -0.05) is 6.42 Å². The summed E-state index contributed by atoms with van der Waals surface area (Å²) < 4.78 is 32.8. The van der Waals surface area contributed by atoms with Crippen LogP contribution in [0.15, 0.2) is 30.5 Å². The number of aryl methyl sites for hydroxylation is 1. The van der Waals surface area contributed by atoms with Crippen molar-refractivity contribution in [2.24, 2.45) is 0 Å². The number of sulfonamides is 1. The predicted molar refractivity (Wildman–Crippen MR) is 132 cm³/mol. The smallest absolute Gasteiger partial charge is 0.216 e. The zero-order valence-electron chi connectivity index (χ0n) is 19.5. The fraction of sp³-hybridized carbons (Fsp3) is 0.522. The topological polar surface area (TPSA) is 125 Å². The Morgan fingerprint density at radius 2 is 2.00 bits per heavy atom. The van der Waals surface area contributed by atoms with Crippen LogP contribution < -0.4 is 10.6 Å². The largest absolute Gasteiger partial charge is 0.384 e. The zero-order chi connectivity index (χ0) is 23.7. The number of hydrogen-bond donors (Lipinski definition) is 3. The normalized spacial score (nSPS) is 23.2. The third-order valence-electron chi connectivity index (χ3n) is 6.68. The minimum Gasteiger partial charge on any atom is -0.384 e. The van der Waals surface area contributed by atoms with Gasteiger partial charge >= 0.3 is 0 Å². The van der Waals surface area contributed by atoms with Crippen LogP contribution in [0.3, 0.4) is 0 Å². The van der Waals surface area contributed by atoms with E-state index in [1.807, 2.05) is 31.2 Å². The molecule has 10 nitrogen and oxygen atoms in total. The van der Waals surface area contributed by atoms with Crippen LogP contribution in [0, 0.1) is 6.92 Å². The van der Waals surface area contributed by atoms with Crippen LogP contribution in [0.5, 0.6) is 0 Å². The SMILES string of the molecule is COCCS(=O)(=O)N1[C@@H]2CCC[C@H]1CC(Nc1nc(Nc3cc(C)[nH]n3)cc3ncccc13)C2. The summed E-state index contributed by atoms with van der Waals surface area (Å²) in [5.74, 6) is 2.13. The summed E-state index contributed by atoms with van der Waals surface area (Å²) in [6.07, 6.45) is 6.10. The van der Waals surface area contributed by atoms with Crippen molar-refractivity contribution in [3.63, 3.8) is 0 Å². The van der Waals surface area contributed by atoms with Crippen molar-refractivity contribution < 1.29 is 13.2 Å². The molecule has 0 spiro atoms. The molecule has 182 valence electrons. The summed E-state index contributed by atoms with van der Waals surface area (Å²) in [4.78, 5) is 9.36. The third kappa shape index (κ3) is 4.73. The molecule has 0 aliphatic carbocycles. The Morgan fingerprint density at radius 3 is 2.71 bits per heavy atom. The number of nitrogens with zero attached hydrogens (tertiary/aromatic N) is 4. The van der Waals surface area contributed by atoms with Gasteiger partial charge in [0.15, 0.2) is 5.82 Å². The highest BCUT2D eigenvalue weighted by Crippen LogP contribution is 2.38. The molecule has 11 heteroatoms. The molecule has 3 atom stereocenters. The van der Waals surface area contributed by atoms with Crippen molar-refractivity contribution in [3.8, 4) is 0 Å². The van der Waals surface area contributed by atoms with E-state index in [1.165, 1.54) is 7.11 Å². The summed E-state index contributed by atoms with van der Waals surface area (Å²) in [5, 5.41) is 15.0. The predicted octanol–water partition coefficient (Wildman–Crippen LogP) is 3.18. The molecule has 2 fully saturated rings. The van der Waals surface area contributed by atoms with E-state index in [4.69, 9.17) is 9.72 Å². The minimum atomic E-state index is -3.34. The second kappa shape index (κ2) is 9.47. The summed E-state index contributed by atoms with van der Waals surface area (Å²) in [7, 11) is -1.80. The number of hydrogen-bond acceptors (Lipinski definition) is 8. The molecule has 0 aromatic carbocycles. The number of methoxy groups -OCH3 is 1. The summed E-state index contributed by atoms with van der Waals surface area (Å²) in [6, 6.07) is 7.87. The number of aromatic nitrogens is 4. The molecule has 0 amide bonds. The lowest BCUT2D eigenvalue weighted by molar-refractivity contribution is 0.114. The molecular weight excluding hydrogens is 454 g/mol. The van der Waals surface area contributed by atoms with E-state index in [1.54, 1.807) is 10.5 Å². The Morgan fingerprint density at radius 1 is 1.21 bits per heavy atom. The molecule has 34 heavy (non-hydrogen) atoms. The van der Waals surface area contributed by atoms with Crippen LogP contribution in [0.25, 0.3) is 10.9 Å². The van der Waals surface area contributed by atoms with Crippen molar-refractivity contribution >= 4 is 38.4 Å². The number of pyridine rings is 2. The zero-order valence-corrected chi connectivity index (χ0v) is 20.3. The highest BCUT2D eigenvalue weighted by molar-refractivity contribution is 7.89. The van der Waals surface area contributed by atoms with E-state index in [0.29, 0.717) is 11.6 Å². The van der Waals surface area contributed by atoms with E-state index < -0.39 is 10.0 Å². The number of nitrogens with one attached hydrogen (secondary N) is 3. The molecule has 3 N–H and O–H groups in total. The van der Waals surface area contributed by atoms with Crippen LogP contribution in [0.1, 0.15) is 37.8 Å². The Labute approximate surface area is 199 Å². The van der Waals surface area contributed by atoms with Crippen molar-refractivity contribution in [3.05, 3.63) is 36.2 Å². The summed E-state index contributed by atoms with van der Waals surface area (Å²) >= 11 is 0. The lowest BCUT2D eigenvalue weighted by Gasteiger charge is -2.48. The summed E-state index contributed by atoms with van der Waals surface area (Å²) in [5.41, 5.74) is 1.79. The molecule has 5 rings (SSSR count). The molecule has 2 aliphatic heterocycles.